The lowest BCUT2D eigenvalue weighted by Gasteiger charge is -2.33. The first-order valence-electron chi connectivity index (χ1n) is 7.52. The van der Waals surface area contributed by atoms with Gasteiger partial charge in [0.1, 0.15) is 17.9 Å². The fourth-order valence-electron chi connectivity index (χ4n) is 2.81. The van der Waals surface area contributed by atoms with E-state index in [9.17, 15) is 0 Å². The van der Waals surface area contributed by atoms with Crippen LogP contribution in [0, 0.1) is 12.8 Å². The summed E-state index contributed by atoms with van der Waals surface area (Å²) in [5.74, 6) is 2.57. The van der Waals surface area contributed by atoms with Crippen LogP contribution in [0.2, 0.25) is 0 Å². The van der Waals surface area contributed by atoms with Crippen LogP contribution in [-0.2, 0) is 0 Å². The highest BCUT2D eigenvalue weighted by Gasteiger charge is 2.21. The van der Waals surface area contributed by atoms with Crippen LogP contribution in [-0.4, -0.2) is 29.7 Å². The van der Waals surface area contributed by atoms with Gasteiger partial charge in [0.15, 0.2) is 0 Å². The molecule has 4 nitrogen and oxygen atoms in total. The van der Waals surface area contributed by atoms with Crippen molar-refractivity contribution in [3.05, 3.63) is 48.4 Å². The van der Waals surface area contributed by atoms with Gasteiger partial charge in [0.05, 0.1) is 6.61 Å². The first-order chi connectivity index (χ1) is 10.3. The SMILES string of the molecule is Cc1ccccc1OCC1CCCN(c2ccncn2)C1. The van der Waals surface area contributed by atoms with Gasteiger partial charge in [-0.05, 0) is 37.5 Å². The van der Waals surface area contributed by atoms with E-state index < -0.39 is 0 Å². The summed E-state index contributed by atoms with van der Waals surface area (Å²) in [5.41, 5.74) is 1.20. The van der Waals surface area contributed by atoms with Gasteiger partial charge in [-0.25, -0.2) is 9.97 Å². The monoisotopic (exact) mass is 283 g/mol. The minimum absolute atomic E-state index is 0.549. The molecule has 0 saturated carbocycles. The van der Waals surface area contributed by atoms with E-state index in [2.05, 4.69) is 27.9 Å². The van der Waals surface area contributed by atoms with E-state index in [0.717, 1.165) is 31.3 Å². The lowest BCUT2D eigenvalue weighted by Crippen LogP contribution is -2.38. The molecule has 1 fully saturated rings. The van der Waals surface area contributed by atoms with Crippen molar-refractivity contribution in [3.63, 3.8) is 0 Å². The Balaban J connectivity index is 1.58. The number of hydrogen-bond acceptors (Lipinski definition) is 4. The molecule has 1 aromatic carbocycles. The summed E-state index contributed by atoms with van der Waals surface area (Å²) in [4.78, 5) is 10.7. The van der Waals surface area contributed by atoms with Crippen LogP contribution in [0.25, 0.3) is 0 Å². The zero-order chi connectivity index (χ0) is 14.5. The highest BCUT2D eigenvalue weighted by Crippen LogP contribution is 2.23. The van der Waals surface area contributed by atoms with Gasteiger partial charge in [-0.15, -0.1) is 0 Å². The van der Waals surface area contributed by atoms with Crippen molar-refractivity contribution in [2.75, 3.05) is 24.6 Å². The Morgan fingerprint density at radius 1 is 1.29 bits per heavy atom. The molecule has 0 N–H and O–H groups in total. The predicted octanol–water partition coefficient (Wildman–Crippen LogP) is 3.08. The van der Waals surface area contributed by atoms with Gasteiger partial charge >= 0.3 is 0 Å². The summed E-state index contributed by atoms with van der Waals surface area (Å²) in [6.45, 7) is 4.93. The third-order valence-corrected chi connectivity index (χ3v) is 3.98. The van der Waals surface area contributed by atoms with Gasteiger partial charge in [0, 0.05) is 25.2 Å². The average molecular weight is 283 g/mol. The average Bonchev–Trinajstić information content (AvgIpc) is 2.55. The molecule has 0 radical (unpaired) electrons. The molecule has 3 rings (SSSR count). The zero-order valence-electron chi connectivity index (χ0n) is 12.4. The molecule has 2 heterocycles. The molecular weight excluding hydrogens is 262 g/mol. The molecule has 1 aliphatic rings. The molecule has 0 bridgehead atoms. The molecule has 0 amide bonds. The molecule has 110 valence electrons. The Kier molecular flexibility index (Phi) is 4.34. The number of piperidine rings is 1. The van der Waals surface area contributed by atoms with Crippen LogP contribution in [0.4, 0.5) is 5.82 Å². The van der Waals surface area contributed by atoms with Crippen LogP contribution in [0.5, 0.6) is 5.75 Å². The Morgan fingerprint density at radius 2 is 2.19 bits per heavy atom. The molecule has 2 aromatic rings. The van der Waals surface area contributed by atoms with E-state index in [1.54, 1.807) is 12.5 Å². The number of benzene rings is 1. The lowest BCUT2D eigenvalue weighted by molar-refractivity contribution is 0.227. The van der Waals surface area contributed by atoms with Crippen LogP contribution < -0.4 is 9.64 Å². The highest BCUT2D eigenvalue weighted by atomic mass is 16.5. The van der Waals surface area contributed by atoms with Crippen molar-refractivity contribution in [2.24, 2.45) is 5.92 Å². The molecule has 0 spiro atoms. The van der Waals surface area contributed by atoms with Gasteiger partial charge < -0.3 is 9.64 Å². The number of nitrogens with zero attached hydrogens (tertiary/aromatic N) is 3. The summed E-state index contributed by atoms with van der Waals surface area (Å²) in [6.07, 6.45) is 5.82. The third kappa shape index (κ3) is 3.51. The first-order valence-corrected chi connectivity index (χ1v) is 7.52. The van der Waals surface area contributed by atoms with Crippen LogP contribution in [0.3, 0.4) is 0 Å². The molecule has 1 saturated heterocycles. The summed E-state index contributed by atoms with van der Waals surface area (Å²) in [5, 5.41) is 0. The predicted molar refractivity (Wildman–Crippen MR) is 83.6 cm³/mol. The molecule has 4 heteroatoms. The molecule has 21 heavy (non-hydrogen) atoms. The number of hydrogen-bond donors (Lipinski definition) is 0. The summed E-state index contributed by atoms with van der Waals surface area (Å²) in [7, 11) is 0. The number of anilines is 1. The second-order valence-corrected chi connectivity index (χ2v) is 5.60. The topological polar surface area (TPSA) is 38.2 Å². The second kappa shape index (κ2) is 6.57. The van der Waals surface area contributed by atoms with Crippen molar-refractivity contribution in [2.45, 2.75) is 19.8 Å². The first kappa shape index (κ1) is 13.9. The molecule has 1 atom stereocenters. The Hall–Kier alpha value is -2.10. The Bertz CT molecular complexity index is 573. The molecule has 1 aliphatic heterocycles. The smallest absolute Gasteiger partial charge is 0.131 e. The van der Waals surface area contributed by atoms with Gasteiger partial charge in [0.25, 0.3) is 0 Å². The van der Waals surface area contributed by atoms with Crippen molar-refractivity contribution < 1.29 is 4.74 Å². The maximum Gasteiger partial charge on any atom is 0.131 e. The van der Waals surface area contributed by atoms with Crippen LogP contribution >= 0.6 is 0 Å². The Morgan fingerprint density at radius 3 is 3.00 bits per heavy atom. The second-order valence-electron chi connectivity index (χ2n) is 5.60. The fourth-order valence-corrected chi connectivity index (χ4v) is 2.81. The molecular formula is C17H21N3O. The number of aryl methyl sites for hydroxylation is 1. The number of para-hydroxylation sites is 1. The molecule has 0 aliphatic carbocycles. The van der Waals surface area contributed by atoms with E-state index in [0.29, 0.717) is 5.92 Å². The fraction of sp³-hybridized carbons (Fsp3) is 0.412. The quantitative estimate of drug-likeness (QED) is 0.864. The largest absolute Gasteiger partial charge is 0.493 e. The normalized spacial score (nSPS) is 18.5. The Labute approximate surface area is 125 Å². The minimum Gasteiger partial charge on any atom is -0.493 e. The van der Waals surface area contributed by atoms with E-state index in [4.69, 9.17) is 4.74 Å². The summed E-state index contributed by atoms with van der Waals surface area (Å²) >= 11 is 0. The zero-order valence-corrected chi connectivity index (χ0v) is 12.4. The summed E-state index contributed by atoms with van der Waals surface area (Å²) in [6, 6.07) is 10.2. The molecule has 1 aromatic heterocycles. The summed E-state index contributed by atoms with van der Waals surface area (Å²) < 4.78 is 6.00. The van der Waals surface area contributed by atoms with Gasteiger partial charge in [-0.2, -0.15) is 0 Å². The van der Waals surface area contributed by atoms with E-state index in [1.807, 2.05) is 24.3 Å². The third-order valence-electron chi connectivity index (χ3n) is 3.98. The number of rotatable bonds is 4. The van der Waals surface area contributed by atoms with Crippen LogP contribution in [0.1, 0.15) is 18.4 Å². The van der Waals surface area contributed by atoms with Gasteiger partial charge in [-0.1, -0.05) is 18.2 Å². The molecule has 1 unspecified atom stereocenters. The van der Waals surface area contributed by atoms with Crippen LogP contribution in [0.15, 0.2) is 42.9 Å². The van der Waals surface area contributed by atoms with E-state index in [1.165, 1.54) is 18.4 Å². The maximum atomic E-state index is 6.00. The van der Waals surface area contributed by atoms with Crippen molar-refractivity contribution in [1.82, 2.24) is 9.97 Å². The van der Waals surface area contributed by atoms with Gasteiger partial charge in [-0.3, -0.25) is 0 Å². The van der Waals surface area contributed by atoms with E-state index in [-0.39, 0.29) is 0 Å². The van der Waals surface area contributed by atoms with Crippen molar-refractivity contribution in [1.29, 1.82) is 0 Å². The highest BCUT2D eigenvalue weighted by molar-refractivity contribution is 5.37. The lowest BCUT2D eigenvalue weighted by atomic mass is 9.99. The van der Waals surface area contributed by atoms with Crippen molar-refractivity contribution >= 4 is 5.82 Å². The van der Waals surface area contributed by atoms with E-state index >= 15 is 0 Å². The standard InChI is InChI=1S/C17H21N3O/c1-14-5-2-3-7-16(14)21-12-15-6-4-10-20(11-15)17-8-9-18-13-19-17/h2-3,5,7-9,13,15H,4,6,10-12H2,1H3. The number of aromatic nitrogens is 2. The maximum absolute atomic E-state index is 6.00. The van der Waals surface area contributed by atoms with Crippen molar-refractivity contribution in [3.8, 4) is 5.75 Å². The van der Waals surface area contributed by atoms with Gasteiger partial charge in [0.2, 0.25) is 0 Å². The number of ether oxygens (including phenoxy) is 1. The minimum atomic E-state index is 0.549.